The van der Waals surface area contributed by atoms with Crippen LogP contribution in [0.2, 0.25) is 5.02 Å². The van der Waals surface area contributed by atoms with E-state index >= 15 is 0 Å². The number of nitrogens with zero attached hydrogens (tertiary/aromatic N) is 2. The van der Waals surface area contributed by atoms with Crippen LogP contribution in [-0.4, -0.2) is 60.8 Å². The van der Waals surface area contributed by atoms with Gasteiger partial charge >= 0.3 is 0 Å². The molecule has 3 rings (SSSR count). The fourth-order valence-electron chi connectivity index (χ4n) is 3.86. The summed E-state index contributed by atoms with van der Waals surface area (Å²) in [6, 6.07) is 13.8. The van der Waals surface area contributed by atoms with Crippen molar-refractivity contribution in [1.29, 1.82) is 0 Å². The van der Waals surface area contributed by atoms with Crippen LogP contribution in [0.15, 0.2) is 48.5 Å². The number of halogens is 1. The van der Waals surface area contributed by atoms with E-state index in [-0.39, 0.29) is 24.1 Å². The summed E-state index contributed by atoms with van der Waals surface area (Å²) in [6.07, 6.45) is 0.819. The van der Waals surface area contributed by atoms with E-state index in [0.717, 1.165) is 5.56 Å². The summed E-state index contributed by atoms with van der Waals surface area (Å²) >= 11 is 5.97. The summed E-state index contributed by atoms with van der Waals surface area (Å²) < 4.78 is 5.32. The third-order valence-corrected chi connectivity index (χ3v) is 5.75. The average molecular weight is 458 g/mol. The second-order valence-electron chi connectivity index (χ2n) is 7.74. The molecule has 170 valence electrons. The molecule has 0 bridgehead atoms. The van der Waals surface area contributed by atoms with Crippen molar-refractivity contribution < 1.29 is 19.1 Å². The maximum Gasteiger partial charge on any atom is 0.257 e. The van der Waals surface area contributed by atoms with Gasteiger partial charge in [-0.1, -0.05) is 35.9 Å². The van der Waals surface area contributed by atoms with Gasteiger partial charge in [-0.15, -0.1) is 0 Å². The maximum atomic E-state index is 13.1. The number of carbonyl (C=O) groups is 3. The number of methoxy groups -OCH3 is 1. The number of rotatable bonds is 6. The fraction of sp³-hybridized carbons (Fsp3) is 0.375. The first kappa shape index (κ1) is 23.6. The average Bonchev–Trinajstić information content (AvgIpc) is 3.05. The lowest BCUT2D eigenvalue weighted by atomic mass is 10.0. The smallest absolute Gasteiger partial charge is 0.257 e. The minimum Gasteiger partial charge on any atom is -0.496 e. The molecule has 0 aromatic heterocycles. The molecule has 3 amide bonds. The molecule has 1 saturated heterocycles. The van der Waals surface area contributed by atoms with Crippen LogP contribution in [0.1, 0.15) is 41.7 Å². The number of carbonyl (C=O) groups excluding carboxylic acids is 3. The highest BCUT2D eigenvalue weighted by Gasteiger charge is 2.26. The van der Waals surface area contributed by atoms with E-state index in [9.17, 15) is 14.4 Å². The number of para-hydroxylation sites is 1. The predicted octanol–water partition coefficient (Wildman–Crippen LogP) is 3.29. The van der Waals surface area contributed by atoms with Gasteiger partial charge < -0.3 is 19.9 Å². The van der Waals surface area contributed by atoms with Gasteiger partial charge in [0.25, 0.3) is 5.91 Å². The quantitative estimate of drug-likeness (QED) is 0.722. The molecule has 1 fully saturated rings. The molecule has 2 aromatic carbocycles. The molecule has 8 heteroatoms. The Morgan fingerprint density at radius 3 is 2.34 bits per heavy atom. The third-order valence-electron chi connectivity index (χ3n) is 5.50. The first-order valence-electron chi connectivity index (χ1n) is 10.6. The topological polar surface area (TPSA) is 79.0 Å². The first-order valence-corrected chi connectivity index (χ1v) is 11.0. The zero-order chi connectivity index (χ0) is 23.1. The highest BCUT2D eigenvalue weighted by molar-refractivity contribution is 6.30. The number of hydrogen-bond donors (Lipinski definition) is 1. The van der Waals surface area contributed by atoms with Gasteiger partial charge in [0.2, 0.25) is 11.8 Å². The van der Waals surface area contributed by atoms with Crippen molar-refractivity contribution in [3.8, 4) is 5.75 Å². The molecule has 32 heavy (non-hydrogen) atoms. The van der Waals surface area contributed by atoms with Crippen LogP contribution in [0.25, 0.3) is 0 Å². The van der Waals surface area contributed by atoms with Crippen molar-refractivity contribution in [2.75, 3.05) is 33.3 Å². The second-order valence-corrected chi connectivity index (χ2v) is 8.17. The van der Waals surface area contributed by atoms with Crippen molar-refractivity contribution in [3.63, 3.8) is 0 Å². The SMILES string of the molecule is COc1ccccc1C(=O)N1CCCN(C(=O)CC(NC(C)=O)c2ccc(Cl)cc2)CC1. The van der Waals surface area contributed by atoms with Gasteiger partial charge in [0, 0.05) is 38.1 Å². The van der Waals surface area contributed by atoms with E-state index in [4.69, 9.17) is 16.3 Å². The van der Waals surface area contributed by atoms with Crippen LogP contribution >= 0.6 is 11.6 Å². The lowest BCUT2D eigenvalue weighted by molar-refractivity contribution is -0.131. The van der Waals surface area contributed by atoms with Crippen LogP contribution in [0.5, 0.6) is 5.75 Å². The van der Waals surface area contributed by atoms with E-state index in [1.54, 1.807) is 41.2 Å². The molecule has 1 N–H and O–H groups in total. The summed E-state index contributed by atoms with van der Waals surface area (Å²) in [6.45, 7) is 3.43. The van der Waals surface area contributed by atoms with E-state index in [2.05, 4.69) is 5.32 Å². The van der Waals surface area contributed by atoms with E-state index in [1.165, 1.54) is 6.92 Å². The Kier molecular flexibility index (Phi) is 8.11. The van der Waals surface area contributed by atoms with Crippen molar-refractivity contribution in [3.05, 3.63) is 64.7 Å². The highest BCUT2D eigenvalue weighted by Crippen LogP contribution is 2.22. The van der Waals surface area contributed by atoms with Gasteiger partial charge in [-0.05, 0) is 36.2 Å². The summed E-state index contributed by atoms with van der Waals surface area (Å²) in [5, 5.41) is 3.45. The van der Waals surface area contributed by atoms with Crippen molar-refractivity contribution in [1.82, 2.24) is 15.1 Å². The zero-order valence-corrected chi connectivity index (χ0v) is 19.1. The van der Waals surface area contributed by atoms with Crippen LogP contribution in [-0.2, 0) is 9.59 Å². The molecule has 0 aliphatic carbocycles. The van der Waals surface area contributed by atoms with E-state index in [1.807, 2.05) is 24.3 Å². The van der Waals surface area contributed by atoms with Crippen LogP contribution in [0, 0.1) is 0 Å². The van der Waals surface area contributed by atoms with E-state index < -0.39 is 6.04 Å². The minimum atomic E-state index is -0.438. The Balaban J connectivity index is 1.65. The zero-order valence-electron chi connectivity index (χ0n) is 18.3. The maximum absolute atomic E-state index is 13.1. The number of ether oxygens (including phenoxy) is 1. The largest absolute Gasteiger partial charge is 0.496 e. The van der Waals surface area contributed by atoms with Crippen LogP contribution in [0.4, 0.5) is 0 Å². The Morgan fingerprint density at radius 1 is 1.00 bits per heavy atom. The van der Waals surface area contributed by atoms with Gasteiger partial charge in [-0.25, -0.2) is 0 Å². The molecular formula is C24H28ClN3O4. The number of nitrogens with one attached hydrogen (secondary N) is 1. The molecule has 0 saturated carbocycles. The van der Waals surface area contributed by atoms with Gasteiger partial charge in [0.05, 0.1) is 25.1 Å². The molecule has 1 atom stereocenters. The Labute approximate surface area is 193 Å². The Bertz CT molecular complexity index is 964. The summed E-state index contributed by atoms with van der Waals surface area (Å²) in [5.41, 5.74) is 1.34. The lowest BCUT2D eigenvalue weighted by Crippen LogP contribution is -2.39. The predicted molar refractivity (Wildman–Crippen MR) is 123 cm³/mol. The molecule has 2 aromatic rings. The molecule has 0 spiro atoms. The minimum absolute atomic E-state index is 0.0645. The van der Waals surface area contributed by atoms with Gasteiger partial charge in [0.1, 0.15) is 5.75 Å². The molecular weight excluding hydrogens is 430 g/mol. The van der Waals surface area contributed by atoms with Crippen LogP contribution in [0.3, 0.4) is 0 Å². The summed E-state index contributed by atoms with van der Waals surface area (Å²) in [7, 11) is 1.54. The molecule has 1 aliphatic heterocycles. The van der Waals surface area contributed by atoms with E-state index in [0.29, 0.717) is 48.9 Å². The third kappa shape index (κ3) is 6.01. The summed E-state index contributed by atoms with van der Waals surface area (Å²) in [5.74, 6) is 0.164. The number of amides is 3. The molecule has 1 aliphatic rings. The van der Waals surface area contributed by atoms with Gasteiger partial charge in [-0.3, -0.25) is 14.4 Å². The van der Waals surface area contributed by atoms with Crippen molar-refractivity contribution in [2.45, 2.75) is 25.8 Å². The van der Waals surface area contributed by atoms with Crippen molar-refractivity contribution >= 4 is 29.3 Å². The lowest BCUT2D eigenvalue weighted by Gasteiger charge is -2.25. The number of hydrogen-bond acceptors (Lipinski definition) is 4. The van der Waals surface area contributed by atoms with Crippen LogP contribution < -0.4 is 10.1 Å². The van der Waals surface area contributed by atoms with Crippen molar-refractivity contribution in [2.24, 2.45) is 0 Å². The van der Waals surface area contributed by atoms with Gasteiger partial charge in [0.15, 0.2) is 0 Å². The Hall–Kier alpha value is -3.06. The highest BCUT2D eigenvalue weighted by atomic mass is 35.5. The monoisotopic (exact) mass is 457 g/mol. The second kappa shape index (κ2) is 11.0. The molecule has 1 heterocycles. The molecule has 7 nitrogen and oxygen atoms in total. The standard InChI is InChI=1S/C24H28ClN3O4/c1-17(29)26-21(18-8-10-19(25)11-9-18)16-23(30)27-12-5-13-28(15-14-27)24(31)20-6-3-4-7-22(20)32-2/h3-4,6-11,21H,5,12-16H2,1-2H3,(H,26,29). The Morgan fingerprint density at radius 2 is 1.66 bits per heavy atom. The fourth-order valence-corrected chi connectivity index (χ4v) is 3.98. The number of benzene rings is 2. The van der Waals surface area contributed by atoms with Gasteiger partial charge in [-0.2, -0.15) is 0 Å². The molecule has 0 radical (unpaired) electrons. The first-order chi connectivity index (χ1) is 15.4. The summed E-state index contributed by atoms with van der Waals surface area (Å²) in [4.78, 5) is 41.3. The normalized spacial score (nSPS) is 15.0. The molecule has 1 unspecified atom stereocenters.